The van der Waals surface area contributed by atoms with Gasteiger partial charge in [-0.25, -0.2) is 15.0 Å². The molecule has 0 spiro atoms. The van der Waals surface area contributed by atoms with Crippen molar-refractivity contribution in [3.63, 3.8) is 0 Å². The van der Waals surface area contributed by atoms with Gasteiger partial charge in [0.15, 0.2) is 17.5 Å². The molecule has 0 bridgehead atoms. The van der Waals surface area contributed by atoms with Crippen LogP contribution >= 0.6 is 0 Å². The Balaban J connectivity index is 1.16. The van der Waals surface area contributed by atoms with Crippen molar-refractivity contribution in [2.45, 2.75) is 12.8 Å². The molecule has 4 heteroatoms. The summed E-state index contributed by atoms with van der Waals surface area (Å²) in [7, 11) is 0. The number of rotatable bonds is 5. The van der Waals surface area contributed by atoms with E-state index in [9.17, 15) is 0 Å². The molecule has 0 fully saturated rings. The summed E-state index contributed by atoms with van der Waals surface area (Å²) in [5, 5.41) is 7.01. The van der Waals surface area contributed by atoms with Crippen molar-refractivity contribution in [2.75, 3.05) is 0 Å². The average Bonchev–Trinajstić information content (AvgIpc) is 3.59. The van der Waals surface area contributed by atoms with Crippen LogP contribution in [0.25, 0.3) is 101 Å². The number of aromatic nitrogens is 3. The maximum atomic E-state index is 6.39. The van der Waals surface area contributed by atoms with Gasteiger partial charge >= 0.3 is 0 Å². The van der Waals surface area contributed by atoms with E-state index in [1.54, 1.807) is 0 Å². The normalized spacial score (nSPS) is 12.5. The van der Waals surface area contributed by atoms with Crippen LogP contribution in [0.2, 0.25) is 0 Å². The fraction of sp³-hybridized carbons (Fsp3) is 0.0426. The lowest BCUT2D eigenvalue weighted by Crippen LogP contribution is -2.27. The first-order chi connectivity index (χ1) is 25.3. The van der Waals surface area contributed by atoms with Gasteiger partial charge in [0.05, 0.1) is 0 Å². The van der Waals surface area contributed by atoms with Crippen molar-refractivity contribution in [3.05, 3.63) is 162 Å². The molecule has 240 valence electrons. The summed E-state index contributed by atoms with van der Waals surface area (Å²) in [6, 6.07) is 52.9. The van der Waals surface area contributed by atoms with Crippen molar-refractivity contribution in [2.24, 2.45) is 0 Å². The van der Waals surface area contributed by atoms with E-state index in [0.29, 0.717) is 17.5 Å². The number of fused-ring (bicyclic) bond motifs is 6. The highest BCUT2D eigenvalue weighted by atomic mass is 16.3. The Bertz CT molecular complexity index is 2840. The van der Waals surface area contributed by atoms with E-state index in [1.165, 1.54) is 21.4 Å². The lowest BCUT2D eigenvalue weighted by Gasteiger charge is -2.14. The Morgan fingerprint density at radius 1 is 0.373 bits per heavy atom. The third kappa shape index (κ3) is 5.12. The first kappa shape index (κ1) is 29.3. The average molecular weight is 654 g/mol. The van der Waals surface area contributed by atoms with Crippen LogP contribution in [0.3, 0.4) is 0 Å². The lowest BCUT2D eigenvalue weighted by molar-refractivity contribution is 0.672. The van der Waals surface area contributed by atoms with Gasteiger partial charge in [-0.15, -0.1) is 0 Å². The molecule has 51 heavy (non-hydrogen) atoms. The molecule has 1 aliphatic carbocycles. The molecular weight excluding hydrogens is 623 g/mol. The van der Waals surface area contributed by atoms with E-state index in [0.717, 1.165) is 73.5 Å². The Kier molecular flexibility index (Phi) is 6.91. The van der Waals surface area contributed by atoms with E-state index in [4.69, 9.17) is 19.4 Å². The van der Waals surface area contributed by atoms with Crippen LogP contribution in [-0.2, 0) is 0 Å². The van der Waals surface area contributed by atoms with Crippen LogP contribution in [0.5, 0.6) is 0 Å². The molecule has 0 aliphatic heterocycles. The number of para-hydroxylation sites is 1. The molecule has 0 amide bonds. The molecular formula is C47H31N3O. The molecule has 10 rings (SSSR count). The van der Waals surface area contributed by atoms with Crippen LogP contribution in [0.4, 0.5) is 0 Å². The van der Waals surface area contributed by atoms with Gasteiger partial charge in [-0.1, -0.05) is 140 Å². The van der Waals surface area contributed by atoms with Gasteiger partial charge in [-0.2, -0.15) is 0 Å². The standard InChI is InChI=1S/C47H31N3O/c1-3-13-32(14-4-1)45-48-46(33-15-5-2-6-16-33)50-47(49-45)42-28-35-18-8-7-17-34(35)27-39(42)30-23-25-31(26-24-30)40-29-41-37-20-11-12-22-43(37)51-44(41)38-21-10-9-19-36(38)40/h1-6,9-29H,7-8H2. The quantitative estimate of drug-likeness (QED) is 0.185. The summed E-state index contributed by atoms with van der Waals surface area (Å²) < 4.78 is 6.39. The zero-order chi connectivity index (χ0) is 33.7. The molecule has 1 aliphatic rings. The molecule has 0 saturated carbocycles. The predicted molar refractivity (Wildman–Crippen MR) is 209 cm³/mol. The van der Waals surface area contributed by atoms with E-state index in [1.807, 2.05) is 48.5 Å². The minimum absolute atomic E-state index is 0.656. The maximum Gasteiger partial charge on any atom is 0.164 e. The Morgan fingerprint density at radius 3 is 1.53 bits per heavy atom. The predicted octanol–water partition coefficient (Wildman–Crippen LogP) is 10.6. The Morgan fingerprint density at radius 2 is 0.882 bits per heavy atom. The van der Waals surface area contributed by atoms with Crippen molar-refractivity contribution in [1.82, 2.24) is 15.0 Å². The summed E-state index contributed by atoms with van der Waals surface area (Å²) in [6.07, 6.45) is 6.72. The minimum atomic E-state index is 0.656. The third-order valence-electron chi connectivity index (χ3n) is 9.95. The molecule has 7 aromatic carbocycles. The summed E-state index contributed by atoms with van der Waals surface area (Å²) in [5.74, 6) is 1.97. The van der Waals surface area contributed by atoms with Gasteiger partial charge in [0.25, 0.3) is 0 Å². The summed E-state index contributed by atoms with van der Waals surface area (Å²) >= 11 is 0. The number of nitrogens with zero attached hydrogens (tertiary/aromatic N) is 3. The van der Waals surface area contributed by atoms with Gasteiger partial charge in [-0.05, 0) is 75.2 Å². The van der Waals surface area contributed by atoms with E-state index >= 15 is 0 Å². The molecule has 4 nitrogen and oxygen atoms in total. The van der Waals surface area contributed by atoms with E-state index in [-0.39, 0.29) is 0 Å². The Labute approximate surface area is 294 Å². The zero-order valence-corrected chi connectivity index (χ0v) is 27.8. The molecule has 2 heterocycles. The first-order valence-electron chi connectivity index (χ1n) is 17.4. The van der Waals surface area contributed by atoms with Gasteiger partial charge < -0.3 is 4.42 Å². The second-order valence-electron chi connectivity index (χ2n) is 13.1. The van der Waals surface area contributed by atoms with E-state index in [2.05, 4.69) is 115 Å². The zero-order valence-electron chi connectivity index (χ0n) is 27.8. The largest absolute Gasteiger partial charge is 0.455 e. The highest BCUT2D eigenvalue weighted by Gasteiger charge is 2.18. The third-order valence-corrected chi connectivity index (χ3v) is 9.95. The second-order valence-corrected chi connectivity index (χ2v) is 13.1. The lowest BCUT2D eigenvalue weighted by atomic mass is 9.92. The highest BCUT2D eigenvalue weighted by Crippen LogP contribution is 2.40. The number of hydrogen-bond acceptors (Lipinski definition) is 4. The molecule has 0 unspecified atom stereocenters. The number of furan rings is 1. The van der Waals surface area contributed by atoms with Crippen LogP contribution in [-0.4, -0.2) is 15.0 Å². The monoisotopic (exact) mass is 653 g/mol. The fourth-order valence-corrected chi connectivity index (χ4v) is 7.43. The molecule has 0 atom stereocenters. The van der Waals surface area contributed by atoms with Crippen LogP contribution in [0.15, 0.2) is 156 Å². The van der Waals surface area contributed by atoms with Crippen molar-refractivity contribution in [3.8, 4) is 56.4 Å². The highest BCUT2D eigenvalue weighted by molar-refractivity contribution is 6.19. The molecule has 0 radical (unpaired) electrons. The van der Waals surface area contributed by atoms with Crippen LogP contribution < -0.4 is 10.4 Å². The summed E-state index contributed by atoms with van der Waals surface area (Å²) in [5.41, 5.74) is 9.27. The molecule has 9 aromatic rings. The van der Waals surface area contributed by atoms with E-state index < -0.39 is 0 Å². The molecule has 0 saturated heterocycles. The molecule has 2 aromatic heterocycles. The van der Waals surface area contributed by atoms with Crippen LogP contribution in [0.1, 0.15) is 12.8 Å². The summed E-state index contributed by atoms with van der Waals surface area (Å²) in [4.78, 5) is 15.2. The van der Waals surface area contributed by atoms with Crippen molar-refractivity contribution >= 4 is 44.9 Å². The summed E-state index contributed by atoms with van der Waals surface area (Å²) in [6.45, 7) is 0. The minimum Gasteiger partial charge on any atom is -0.455 e. The number of benzene rings is 7. The van der Waals surface area contributed by atoms with Crippen LogP contribution in [0, 0.1) is 0 Å². The molecule has 0 N–H and O–H groups in total. The topological polar surface area (TPSA) is 51.8 Å². The number of hydrogen-bond donors (Lipinski definition) is 0. The van der Waals surface area contributed by atoms with Gasteiger partial charge in [-0.3, -0.25) is 0 Å². The Hall–Kier alpha value is -6.65. The maximum absolute atomic E-state index is 6.39. The van der Waals surface area contributed by atoms with Gasteiger partial charge in [0, 0.05) is 32.8 Å². The van der Waals surface area contributed by atoms with Crippen molar-refractivity contribution < 1.29 is 4.42 Å². The fourth-order valence-electron chi connectivity index (χ4n) is 7.43. The first-order valence-corrected chi connectivity index (χ1v) is 17.4. The van der Waals surface area contributed by atoms with Gasteiger partial charge in [0.1, 0.15) is 11.2 Å². The SMILES string of the molecule is C1=c2cc(-c3ccc(-c4cc5c6ccccc6oc5c5ccccc45)cc3)c(-c3nc(-c4ccccc4)nc(-c4ccccc4)n3)cc2=CCC1. The van der Waals surface area contributed by atoms with Gasteiger partial charge in [0.2, 0.25) is 0 Å². The second kappa shape index (κ2) is 12.0. The smallest absolute Gasteiger partial charge is 0.164 e. The van der Waals surface area contributed by atoms with Crippen molar-refractivity contribution in [1.29, 1.82) is 0 Å².